The third kappa shape index (κ3) is 3.37. The lowest BCUT2D eigenvalue weighted by atomic mass is 10.0. The molecule has 0 aliphatic carbocycles. The number of benzene rings is 3. The van der Waals surface area contributed by atoms with Crippen LogP contribution in [0.5, 0.6) is 5.75 Å². The lowest BCUT2D eigenvalue weighted by Gasteiger charge is -2.11. The van der Waals surface area contributed by atoms with Gasteiger partial charge < -0.3 is 10.8 Å². The Balaban J connectivity index is 2.20. The maximum Gasteiger partial charge on any atom is 0.290 e. The van der Waals surface area contributed by atoms with E-state index in [0.29, 0.717) is 15.7 Å². The number of carbonyl (C=O) groups is 1. The number of phenols is 1. The molecule has 1 amide bonds. The third-order valence-corrected chi connectivity index (χ3v) is 4.94. The molecule has 0 saturated carbocycles. The molecule has 0 heterocycles. The number of hydrogen-bond donors (Lipinski definition) is 2. The Kier molecular flexibility index (Phi) is 4.65. The fourth-order valence-electron chi connectivity index (χ4n) is 2.57. The first-order chi connectivity index (χ1) is 12.8. The van der Waals surface area contributed by atoms with Crippen molar-refractivity contribution >= 4 is 39.8 Å². The molecule has 9 nitrogen and oxygen atoms in total. The number of primary amides is 1. The molecular formula is C17H11N3O6S. The Bertz CT molecular complexity index is 1120. The van der Waals surface area contributed by atoms with E-state index in [9.17, 15) is 30.1 Å². The van der Waals surface area contributed by atoms with Crippen LogP contribution in [-0.2, 0) is 0 Å². The summed E-state index contributed by atoms with van der Waals surface area (Å²) in [5.41, 5.74) is 4.34. The number of rotatable bonds is 5. The molecule has 0 aliphatic heterocycles. The normalized spacial score (nSPS) is 10.7. The summed E-state index contributed by atoms with van der Waals surface area (Å²) in [6, 6.07) is 11.3. The quantitative estimate of drug-likeness (QED) is 0.503. The van der Waals surface area contributed by atoms with E-state index in [1.165, 1.54) is 12.1 Å². The zero-order valence-corrected chi connectivity index (χ0v) is 14.3. The minimum absolute atomic E-state index is 0.124. The minimum Gasteiger partial charge on any atom is -0.506 e. The molecule has 0 bridgehead atoms. The highest BCUT2D eigenvalue weighted by molar-refractivity contribution is 7.99. The van der Waals surface area contributed by atoms with Gasteiger partial charge in [-0.15, -0.1) is 0 Å². The maximum atomic E-state index is 11.6. The van der Waals surface area contributed by atoms with Crippen molar-refractivity contribution in [3.8, 4) is 5.75 Å². The Morgan fingerprint density at radius 1 is 0.963 bits per heavy atom. The summed E-state index contributed by atoms with van der Waals surface area (Å²) < 4.78 is 0. The number of hydrogen-bond acceptors (Lipinski definition) is 7. The van der Waals surface area contributed by atoms with Crippen molar-refractivity contribution in [1.29, 1.82) is 0 Å². The largest absolute Gasteiger partial charge is 0.506 e. The molecule has 10 heteroatoms. The number of carbonyl (C=O) groups excluding carboxylic acids is 1. The van der Waals surface area contributed by atoms with Crippen molar-refractivity contribution in [2.75, 3.05) is 0 Å². The molecule has 0 radical (unpaired) electrons. The Labute approximate surface area is 155 Å². The molecule has 0 spiro atoms. The third-order valence-electron chi connectivity index (χ3n) is 3.81. The van der Waals surface area contributed by atoms with Crippen LogP contribution in [0.1, 0.15) is 10.4 Å². The fourth-order valence-corrected chi connectivity index (χ4v) is 3.64. The van der Waals surface area contributed by atoms with Crippen molar-refractivity contribution < 1.29 is 19.7 Å². The average molecular weight is 385 g/mol. The van der Waals surface area contributed by atoms with Gasteiger partial charge in [-0.2, -0.15) is 0 Å². The van der Waals surface area contributed by atoms with Crippen molar-refractivity contribution in [1.82, 2.24) is 0 Å². The summed E-state index contributed by atoms with van der Waals surface area (Å²) in [5, 5.41) is 33.4. The molecule has 3 N–H and O–H groups in total. The van der Waals surface area contributed by atoms with Gasteiger partial charge in [0.05, 0.1) is 26.4 Å². The molecule has 27 heavy (non-hydrogen) atoms. The first-order valence-corrected chi connectivity index (χ1v) is 8.26. The second kappa shape index (κ2) is 6.92. The number of nitrogens with two attached hydrogens (primary N) is 1. The lowest BCUT2D eigenvalue weighted by Crippen LogP contribution is -2.11. The number of non-ortho nitro benzene ring substituents is 1. The van der Waals surface area contributed by atoms with Gasteiger partial charge in [0, 0.05) is 16.3 Å². The molecule has 0 aromatic heterocycles. The highest BCUT2D eigenvalue weighted by Gasteiger charge is 2.22. The Morgan fingerprint density at radius 2 is 1.63 bits per heavy atom. The number of aromatic hydroxyl groups is 1. The summed E-state index contributed by atoms with van der Waals surface area (Å²) in [5.74, 6) is -1.13. The molecular weight excluding hydrogens is 374 g/mol. The Hall–Kier alpha value is -3.66. The average Bonchev–Trinajstić information content (AvgIpc) is 2.63. The van der Waals surface area contributed by atoms with Crippen LogP contribution in [0, 0.1) is 20.2 Å². The van der Waals surface area contributed by atoms with E-state index in [2.05, 4.69) is 0 Å². The van der Waals surface area contributed by atoms with Gasteiger partial charge in [0.25, 0.3) is 17.3 Å². The topological polar surface area (TPSA) is 150 Å². The van der Waals surface area contributed by atoms with Gasteiger partial charge in [-0.3, -0.25) is 25.0 Å². The van der Waals surface area contributed by atoms with Gasteiger partial charge >= 0.3 is 0 Å². The first-order valence-electron chi connectivity index (χ1n) is 7.44. The van der Waals surface area contributed by atoms with E-state index in [4.69, 9.17) is 5.73 Å². The number of fused-ring (bicyclic) bond motifs is 1. The van der Waals surface area contributed by atoms with Gasteiger partial charge in [0.15, 0.2) is 0 Å². The van der Waals surface area contributed by atoms with E-state index in [1.54, 1.807) is 24.3 Å². The monoisotopic (exact) mass is 385 g/mol. The molecule has 3 aromatic carbocycles. The molecule has 0 fully saturated rings. The van der Waals surface area contributed by atoms with Crippen molar-refractivity contribution in [3.05, 3.63) is 74.3 Å². The second-order valence-electron chi connectivity index (χ2n) is 5.45. The smallest absolute Gasteiger partial charge is 0.290 e. The lowest BCUT2D eigenvalue weighted by molar-refractivity contribution is -0.396. The Morgan fingerprint density at radius 3 is 2.22 bits per heavy atom. The highest BCUT2D eigenvalue weighted by Crippen LogP contribution is 2.42. The number of nitro benzene ring substituents is 2. The first kappa shape index (κ1) is 18.1. The van der Waals surface area contributed by atoms with Gasteiger partial charge in [-0.1, -0.05) is 36.0 Å². The van der Waals surface area contributed by atoms with Crippen LogP contribution in [0.3, 0.4) is 0 Å². The number of nitrogens with zero attached hydrogens (tertiary/aromatic N) is 2. The van der Waals surface area contributed by atoms with Crippen LogP contribution in [0.4, 0.5) is 11.4 Å². The van der Waals surface area contributed by atoms with Crippen LogP contribution in [0.15, 0.2) is 58.3 Å². The van der Waals surface area contributed by atoms with Crippen LogP contribution >= 0.6 is 11.8 Å². The van der Waals surface area contributed by atoms with Crippen LogP contribution in [0.25, 0.3) is 10.8 Å². The molecule has 0 unspecified atom stereocenters. The standard InChI is InChI=1S/C17H11N3O6S/c18-17(22)12-8-15(10-3-1-2-4-11(10)16(12)21)27-14-6-5-9(19(23)24)7-13(14)20(25)26/h1-8,21H,(H2,18,22). The minimum atomic E-state index is -0.849. The number of nitro groups is 2. The molecule has 0 saturated heterocycles. The highest BCUT2D eigenvalue weighted by atomic mass is 32.2. The molecule has 3 aromatic rings. The van der Waals surface area contributed by atoms with Crippen molar-refractivity contribution in [2.24, 2.45) is 5.73 Å². The van der Waals surface area contributed by atoms with E-state index in [1.807, 2.05) is 0 Å². The fraction of sp³-hybridized carbons (Fsp3) is 0. The summed E-state index contributed by atoms with van der Waals surface area (Å²) in [4.78, 5) is 33.0. The van der Waals surface area contributed by atoms with E-state index in [0.717, 1.165) is 23.9 Å². The van der Waals surface area contributed by atoms with Crippen LogP contribution < -0.4 is 5.73 Å². The SMILES string of the molecule is NC(=O)c1cc(Sc2ccc([N+](=O)[O-])cc2[N+](=O)[O-])c2ccccc2c1O. The van der Waals surface area contributed by atoms with Crippen molar-refractivity contribution in [3.63, 3.8) is 0 Å². The van der Waals surface area contributed by atoms with Gasteiger partial charge in [0.1, 0.15) is 5.75 Å². The molecule has 3 rings (SSSR count). The second-order valence-corrected chi connectivity index (χ2v) is 6.53. The summed E-state index contributed by atoms with van der Waals surface area (Å²) >= 11 is 0.950. The van der Waals surface area contributed by atoms with Gasteiger partial charge in [0.2, 0.25) is 0 Å². The van der Waals surface area contributed by atoms with E-state index < -0.39 is 27.1 Å². The molecule has 0 aliphatic rings. The number of amides is 1. The molecule has 136 valence electrons. The summed E-state index contributed by atoms with van der Waals surface area (Å²) in [7, 11) is 0. The maximum absolute atomic E-state index is 11.6. The van der Waals surface area contributed by atoms with Crippen LogP contribution in [-0.4, -0.2) is 20.9 Å². The van der Waals surface area contributed by atoms with Crippen LogP contribution in [0.2, 0.25) is 0 Å². The summed E-state index contributed by atoms with van der Waals surface area (Å²) in [6.07, 6.45) is 0. The van der Waals surface area contributed by atoms with Crippen molar-refractivity contribution in [2.45, 2.75) is 9.79 Å². The van der Waals surface area contributed by atoms with E-state index in [-0.39, 0.29) is 16.2 Å². The predicted molar refractivity (Wildman–Crippen MR) is 98.0 cm³/mol. The molecule has 0 atom stereocenters. The van der Waals surface area contributed by atoms with Gasteiger partial charge in [-0.25, -0.2) is 0 Å². The van der Waals surface area contributed by atoms with E-state index >= 15 is 0 Å². The van der Waals surface area contributed by atoms with Gasteiger partial charge in [-0.05, 0) is 17.5 Å². The summed E-state index contributed by atoms with van der Waals surface area (Å²) in [6.45, 7) is 0. The zero-order valence-electron chi connectivity index (χ0n) is 13.5. The zero-order chi connectivity index (χ0) is 19.7. The predicted octanol–water partition coefficient (Wildman–Crippen LogP) is 3.61.